The average molecular weight is 213 g/mol. The van der Waals surface area contributed by atoms with Crippen molar-refractivity contribution in [3.8, 4) is 0 Å². The lowest BCUT2D eigenvalue weighted by Gasteiger charge is -2.27. The maximum absolute atomic E-state index is 5.87. The third kappa shape index (κ3) is 4.05. The zero-order valence-electron chi connectivity index (χ0n) is 8.99. The number of allylic oxidation sites excluding steroid dienone is 1. The topological polar surface area (TPSA) is 41.6 Å². The molecule has 0 bridgehead atoms. The van der Waals surface area contributed by atoms with Crippen molar-refractivity contribution in [3.63, 3.8) is 0 Å². The summed E-state index contributed by atoms with van der Waals surface area (Å²) in [6.45, 7) is 6.92. The number of guanidine groups is 1. The smallest absolute Gasteiger partial charge is 0.191 e. The lowest BCUT2D eigenvalue weighted by Crippen LogP contribution is -2.42. The highest BCUT2D eigenvalue weighted by Crippen LogP contribution is 2.08. The van der Waals surface area contributed by atoms with Crippen molar-refractivity contribution in [3.05, 3.63) is 11.6 Å². The maximum Gasteiger partial charge on any atom is 0.191 e. The van der Waals surface area contributed by atoms with E-state index in [-0.39, 0.29) is 0 Å². The van der Waals surface area contributed by atoms with Crippen LogP contribution in [0.25, 0.3) is 0 Å². The molecule has 0 aliphatic carbocycles. The molecule has 0 aromatic rings. The number of aliphatic imine (C=N–C) groups is 1. The second-order valence-electron chi connectivity index (χ2n) is 3.58. The van der Waals surface area contributed by atoms with Crippen molar-refractivity contribution in [1.29, 1.82) is 0 Å². The molecule has 1 saturated heterocycles. The van der Waals surface area contributed by atoms with E-state index in [4.69, 9.17) is 5.73 Å². The number of hydrogen-bond donors (Lipinski definition) is 1. The molecule has 1 aliphatic heterocycles. The van der Waals surface area contributed by atoms with Gasteiger partial charge in [0.15, 0.2) is 5.96 Å². The Labute approximate surface area is 90.4 Å². The molecule has 0 unspecified atom stereocenters. The van der Waals surface area contributed by atoms with Gasteiger partial charge in [0.25, 0.3) is 0 Å². The first-order valence-electron chi connectivity index (χ1n) is 4.96. The van der Waals surface area contributed by atoms with Gasteiger partial charge in [-0.05, 0) is 13.8 Å². The van der Waals surface area contributed by atoms with Crippen LogP contribution in [0.5, 0.6) is 0 Å². The molecule has 14 heavy (non-hydrogen) atoms. The minimum Gasteiger partial charge on any atom is -0.370 e. The van der Waals surface area contributed by atoms with E-state index in [1.807, 2.05) is 11.8 Å². The van der Waals surface area contributed by atoms with Gasteiger partial charge in [0.2, 0.25) is 0 Å². The minimum absolute atomic E-state index is 0.697. The second kappa shape index (κ2) is 5.96. The third-order valence-electron chi connectivity index (χ3n) is 2.09. The van der Waals surface area contributed by atoms with Gasteiger partial charge in [0.1, 0.15) is 0 Å². The fraction of sp³-hybridized carbons (Fsp3) is 0.700. The molecular weight excluding hydrogens is 194 g/mol. The van der Waals surface area contributed by atoms with Gasteiger partial charge < -0.3 is 10.6 Å². The van der Waals surface area contributed by atoms with Crippen LogP contribution in [0.2, 0.25) is 0 Å². The summed E-state index contributed by atoms with van der Waals surface area (Å²) in [6, 6.07) is 0. The number of thioether (sulfide) groups is 1. The Morgan fingerprint density at radius 3 is 2.64 bits per heavy atom. The minimum atomic E-state index is 0.697. The van der Waals surface area contributed by atoms with Crippen LogP contribution in [0, 0.1) is 0 Å². The highest BCUT2D eigenvalue weighted by molar-refractivity contribution is 7.99. The Bertz CT molecular complexity index is 226. The normalized spacial score (nSPS) is 18.1. The fourth-order valence-electron chi connectivity index (χ4n) is 1.21. The van der Waals surface area contributed by atoms with E-state index in [2.05, 4.69) is 29.8 Å². The first-order valence-corrected chi connectivity index (χ1v) is 6.11. The zero-order chi connectivity index (χ0) is 10.4. The lowest BCUT2D eigenvalue weighted by atomic mass is 10.3. The van der Waals surface area contributed by atoms with Crippen molar-refractivity contribution in [1.82, 2.24) is 4.90 Å². The molecule has 0 spiro atoms. The van der Waals surface area contributed by atoms with Gasteiger partial charge in [0.05, 0.1) is 6.54 Å². The van der Waals surface area contributed by atoms with Gasteiger partial charge in [-0.2, -0.15) is 11.8 Å². The Morgan fingerprint density at radius 2 is 2.07 bits per heavy atom. The molecule has 3 nitrogen and oxygen atoms in total. The van der Waals surface area contributed by atoms with Gasteiger partial charge in [0, 0.05) is 24.6 Å². The predicted molar refractivity (Wildman–Crippen MR) is 64.8 cm³/mol. The van der Waals surface area contributed by atoms with E-state index in [0.29, 0.717) is 12.5 Å². The zero-order valence-corrected chi connectivity index (χ0v) is 9.81. The molecule has 2 N–H and O–H groups in total. The molecule has 0 aromatic heterocycles. The Balaban J connectivity index is 2.38. The fourth-order valence-corrected chi connectivity index (χ4v) is 2.12. The predicted octanol–water partition coefficient (Wildman–Crippen LogP) is 1.32. The van der Waals surface area contributed by atoms with Crippen molar-refractivity contribution in [2.45, 2.75) is 13.8 Å². The number of hydrogen-bond acceptors (Lipinski definition) is 2. The van der Waals surface area contributed by atoms with Gasteiger partial charge in [-0.3, -0.25) is 0 Å². The second-order valence-corrected chi connectivity index (χ2v) is 4.80. The number of nitrogens with two attached hydrogens (primary N) is 1. The third-order valence-corrected chi connectivity index (χ3v) is 3.03. The van der Waals surface area contributed by atoms with E-state index >= 15 is 0 Å². The summed E-state index contributed by atoms with van der Waals surface area (Å²) in [4.78, 5) is 6.48. The summed E-state index contributed by atoms with van der Waals surface area (Å²) in [7, 11) is 0. The van der Waals surface area contributed by atoms with E-state index in [0.717, 1.165) is 13.1 Å². The van der Waals surface area contributed by atoms with Crippen LogP contribution in [-0.4, -0.2) is 42.0 Å². The monoisotopic (exact) mass is 213 g/mol. The number of nitrogens with zero attached hydrogens (tertiary/aromatic N) is 2. The van der Waals surface area contributed by atoms with E-state index in [1.54, 1.807) is 0 Å². The Hall–Kier alpha value is -0.640. The van der Waals surface area contributed by atoms with Gasteiger partial charge in [-0.1, -0.05) is 11.6 Å². The molecule has 1 aliphatic rings. The van der Waals surface area contributed by atoms with E-state index < -0.39 is 0 Å². The Morgan fingerprint density at radius 1 is 1.43 bits per heavy atom. The molecule has 1 heterocycles. The Kier molecular flexibility index (Phi) is 4.87. The van der Waals surface area contributed by atoms with Gasteiger partial charge in [-0.15, -0.1) is 0 Å². The summed E-state index contributed by atoms with van der Waals surface area (Å²) >= 11 is 1.98. The largest absolute Gasteiger partial charge is 0.370 e. The average Bonchev–Trinajstić information content (AvgIpc) is 2.18. The maximum atomic E-state index is 5.87. The molecular formula is C10H19N3S. The molecule has 0 amide bonds. The quantitative estimate of drug-likeness (QED) is 0.427. The number of rotatable bonds is 2. The van der Waals surface area contributed by atoms with Crippen molar-refractivity contribution in [2.75, 3.05) is 31.1 Å². The molecule has 4 heteroatoms. The van der Waals surface area contributed by atoms with E-state index in [1.165, 1.54) is 17.1 Å². The summed E-state index contributed by atoms with van der Waals surface area (Å²) < 4.78 is 0. The van der Waals surface area contributed by atoms with Crippen LogP contribution in [0.1, 0.15) is 13.8 Å². The van der Waals surface area contributed by atoms with Crippen LogP contribution < -0.4 is 5.73 Å². The summed E-state index contributed by atoms with van der Waals surface area (Å²) in [5.74, 6) is 3.03. The van der Waals surface area contributed by atoms with Crippen LogP contribution in [0.4, 0.5) is 0 Å². The van der Waals surface area contributed by atoms with Crippen molar-refractivity contribution in [2.24, 2.45) is 10.7 Å². The first-order chi connectivity index (χ1) is 6.70. The highest BCUT2D eigenvalue weighted by Gasteiger charge is 2.11. The summed E-state index contributed by atoms with van der Waals surface area (Å²) in [6.07, 6.45) is 2.09. The van der Waals surface area contributed by atoms with Crippen molar-refractivity contribution >= 4 is 17.7 Å². The van der Waals surface area contributed by atoms with Gasteiger partial charge >= 0.3 is 0 Å². The molecule has 0 aromatic carbocycles. The molecule has 0 saturated carbocycles. The highest BCUT2D eigenvalue weighted by atomic mass is 32.2. The molecule has 0 radical (unpaired) electrons. The molecule has 1 fully saturated rings. The first kappa shape index (κ1) is 11.4. The SMILES string of the molecule is CC(C)=CCN=C(N)N1CCSCC1. The van der Waals surface area contributed by atoms with Gasteiger partial charge in [-0.25, -0.2) is 4.99 Å². The summed E-state index contributed by atoms with van der Waals surface area (Å²) in [5.41, 5.74) is 7.16. The van der Waals surface area contributed by atoms with Crippen LogP contribution in [-0.2, 0) is 0 Å². The molecule has 1 rings (SSSR count). The molecule has 80 valence electrons. The van der Waals surface area contributed by atoms with E-state index in [9.17, 15) is 0 Å². The van der Waals surface area contributed by atoms with Crippen LogP contribution >= 0.6 is 11.8 Å². The summed E-state index contributed by atoms with van der Waals surface area (Å²) in [5, 5.41) is 0. The van der Waals surface area contributed by atoms with Crippen LogP contribution in [0.3, 0.4) is 0 Å². The lowest BCUT2D eigenvalue weighted by molar-refractivity contribution is 0.456. The standard InChI is InChI=1S/C10H19N3S/c1-9(2)3-4-12-10(11)13-5-7-14-8-6-13/h3H,4-8H2,1-2H3,(H2,11,12). The van der Waals surface area contributed by atoms with Crippen molar-refractivity contribution < 1.29 is 0 Å². The molecule has 0 atom stereocenters. The van der Waals surface area contributed by atoms with Crippen LogP contribution in [0.15, 0.2) is 16.6 Å².